The molecule has 0 amide bonds. The first-order chi connectivity index (χ1) is 6.49. The third-order valence-electron chi connectivity index (χ3n) is 2.61. The molecule has 0 aliphatic carbocycles. The lowest BCUT2D eigenvalue weighted by Gasteiger charge is -2.35. The number of hydrogen-bond donors (Lipinski definition) is 2. The van der Waals surface area contributed by atoms with Crippen LogP contribution in [0, 0.1) is 5.41 Å². The van der Waals surface area contributed by atoms with E-state index in [-0.39, 0.29) is 6.10 Å². The normalized spacial score (nSPS) is 28.7. The predicted octanol–water partition coefficient (Wildman–Crippen LogP) is 1.88. The summed E-state index contributed by atoms with van der Waals surface area (Å²) in [6.45, 7) is 7.46. The van der Waals surface area contributed by atoms with E-state index in [0.717, 1.165) is 13.0 Å². The topological polar surface area (TPSA) is 32.3 Å². The van der Waals surface area contributed by atoms with Crippen molar-refractivity contribution in [2.24, 2.45) is 5.41 Å². The van der Waals surface area contributed by atoms with E-state index >= 15 is 0 Å². The van der Waals surface area contributed by atoms with E-state index in [1.807, 2.05) is 18.7 Å². The SMILES string of the molecule is CC(O)CCNC1CSCC(C)(C)C1. The van der Waals surface area contributed by atoms with Crippen molar-refractivity contribution in [1.29, 1.82) is 0 Å². The lowest BCUT2D eigenvalue weighted by molar-refractivity contribution is 0.181. The molecule has 1 rings (SSSR count). The molecular formula is C11H23NOS. The fourth-order valence-corrected chi connectivity index (χ4v) is 3.20. The van der Waals surface area contributed by atoms with Crippen LogP contribution in [-0.2, 0) is 0 Å². The Balaban J connectivity index is 2.18. The molecule has 0 spiro atoms. The Morgan fingerprint density at radius 2 is 2.29 bits per heavy atom. The van der Waals surface area contributed by atoms with Crippen LogP contribution in [0.4, 0.5) is 0 Å². The van der Waals surface area contributed by atoms with Crippen LogP contribution in [0.3, 0.4) is 0 Å². The summed E-state index contributed by atoms with van der Waals surface area (Å²) in [5.74, 6) is 2.50. The van der Waals surface area contributed by atoms with E-state index in [4.69, 9.17) is 5.11 Å². The average molecular weight is 217 g/mol. The number of hydrogen-bond acceptors (Lipinski definition) is 3. The third kappa shape index (κ3) is 4.67. The summed E-state index contributed by atoms with van der Waals surface area (Å²) in [5, 5.41) is 12.7. The van der Waals surface area contributed by atoms with Gasteiger partial charge in [0.1, 0.15) is 0 Å². The van der Waals surface area contributed by atoms with E-state index in [1.54, 1.807) is 0 Å². The van der Waals surface area contributed by atoms with Gasteiger partial charge in [-0.15, -0.1) is 0 Å². The van der Waals surface area contributed by atoms with Crippen molar-refractivity contribution < 1.29 is 5.11 Å². The highest BCUT2D eigenvalue weighted by Crippen LogP contribution is 2.33. The average Bonchev–Trinajstić information content (AvgIpc) is 2.01. The van der Waals surface area contributed by atoms with Crippen molar-refractivity contribution in [2.45, 2.75) is 45.8 Å². The van der Waals surface area contributed by atoms with E-state index < -0.39 is 0 Å². The van der Waals surface area contributed by atoms with Crippen LogP contribution in [-0.4, -0.2) is 35.3 Å². The molecule has 0 aromatic heterocycles. The molecule has 2 nitrogen and oxygen atoms in total. The van der Waals surface area contributed by atoms with E-state index in [9.17, 15) is 0 Å². The minimum atomic E-state index is -0.174. The largest absolute Gasteiger partial charge is 0.393 e. The molecule has 84 valence electrons. The second-order valence-electron chi connectivity index (χ2n) is 5.17. The summed E-state index contributed by atoms with van der Waals surface area (Å²) in [6, 6.07) is 0.641. The van der Waals surface area contributed by atoms with Crippen molar-refractivity contribution in [3.8, 4) is 0 Å². The first-order valence-electron chi connectivity index (χ1n) is 5.49. The first-order valence-corrected chi connectivity index (χ1v) is 6.64. The van der Waals surface area contributed by atoms with Crippen LogP contribution in [0.5, 0.6) is 0 Å². The molecular weight excluding hydrogens is 194 g/mol. The molecule has 1 fully saturated rings. The Labute approximate surface area is 91.9 Å². The Kier molecular flexibility index (Phi) is 4.74. The van der Waals surface area contributed by atoms with Gasteiger partial charge < -0.3 is 10.4 Å². The standard InChI is InChI=1S/C11H23NOS/c1-9(13)4-5-12-10-6-11(2,3)8-14-7-10/h9-10,12-13H,4-8H2,1-3H3. The smallest absolute Gasteiger partial charge is 0.0524 e. The van der Waals surface area contributed by atoms with Gasteiger partial charge in [-0.2, -0.15) is 11.8 Å². The van der Waals surface area contributed by atoms with Crippen LogP contribution in [0.15, 0.2) is 0 Å². The minimum absolute atomic E-state index is 0.174. The van der Waals surface area contributed by atoms with Gasteiger partial charge in [-0.25, -0.2) is 0 Å². The van der Waals surface area contributed by atoms with Crippen molar-refractivity contribution in [3.05, 3.63) is 0 Å². The van der Waals surface area contributed by atoms with Gasteiger partial charge in [0.15, 0.2) is 0 Å². The highest BCUT2D eigenvalue weighted by molar-refractivity contribution is 7.99. The number of nitrogens with one attached hydrogen (secondary N) is 1. The lowest BCUT2D eigenvalue weighted by atomic mass is 9.88. The van der Waals surface area contributed by atoms with Crippen LogP contribution in [0.25, 0.3) is 0 Å². The summed E-state index contributed by atoms with van der Waals surface area (Å²) >= 11 is 2.04. The summed E-state index contributed by atoms with van der Waals surface area (Å²) in [7, 11) is 0. The van der Waals surface area contributed by atoms with Crippen molar-refractivity contribution in [1.82, 2.24) is 5.32 Å². The van der Waals surface area contributed by atoms with Crippen molar-refractivity contribution >= 4 is 11.8 Å². The molecule has 1 saturated heterocycles. The van der Waals surface area contributed by atoms with E-state index in [0.29, 0.717) is 11.5 Å². The molecule has 0 bridgehead atoms. The number of rotatable bonds is 4. The molecule has 1 aliphatic heterocycles. The van der Waals surface area contributed by atoms with Gasteiger partial charge in [-0.1, -0.05) is 13.8 Å². The molecule has 2 unspecified atom stereocenters. The third-order valence-corrected chi connectivity index (χ3v) is 4.23. The Hall–Kier alpha value is 0.270. The lowest BCUT2D eigenvalue weighted by Crippen LogP contribution is -2.41. The fraction of sp³-hybridized carbons (Fsp3) is 1.00. The van der Waals surface area contributed by atoms with Crippen molar-refractivity contribution in [2.75, 3.05) is 18.1 Å². The zero-order chi connectivity index (χ0) is 10.6. The Morgan fingerprint density at radius 1 is 1.57 bits per heavy atom. The molecule has 2 N–H and O–H groups in total. The Morgan fingerprint density at radius 3 is 2.86 bits per heavy atom. The van der Waals surface area contributed by atoms with Crippen LogP contribution in [0.1, 0.15) is 33.6 Å². The van der Waals surface area contributed by atoms with Crippen molar-refractivity contribution in [3.63, 3.8) is 0 Å². The van der Waals surface area contributed by atoms with Gasteiger partial charge in [0, 0.05) is 11.8 Å². The summed E-state index contributed by atoms with van der Waals surface area (Å²) in [6.07, 6.45) is 1.95. The molecule has 0 radical (unpaired) electrons. The monoisotopic (exact) mass is 217 g/mol. The highest BCUT2D eigenvalue weighted by atomic mass is 32.2. The predicted molar refractivity (Wildman–Crippen MR) is 63.8 cm³/mol. The fourth-order valence-electron chi connectivity index (χ4n) is 1.89. The molecule has 0 aromatic carbocycles. The van der Waals surface area contributed by atoms with Gasteiger partial charge in [0.2, 0.25) is 0 Å². The maximum atomic E-state index is 9.14. The zero-order valence-corrected chi connectivity index (χ0v) is 10.4. The van der Waals surface area contributed by atoms with Crippen LogP contribution < -0.4 is 5.32 Å². The van der Waals surface area contributed by atoms with E-state index in [1.165, 1.54) is 17.9 Å². The second kappa shape index (κ2) is 5.38. The maximum Gasteiger partial charge on any atom is 0.0524 e. The maximum absolute atomic E-state index is 9.14. The zero-order valence-electron chi connectivity index (χ0n) is 9.55. The number of thioether (sulfide) groups is 1. The molecule has 2 atom stereocenters. The van der Waals surface area contributed by atoms with Gasteiger partial charge in [0.25, 0.3) is 0 Å². The molecule has 1 heterocycles. The number of aliphatic hydroxyl groups excluding tert-OH is 1. The number of aliphatic hydroxyl groups is 1. The van der Waals surface area contributed by atoms with Gasteiger partial charge in [-0.05, 0) is 37.5 Å². The molecule has 0 aromatic rings. The molecule has 0 saturated carbocycles. The second-order valence-corrected chi connectivity index (χ2v) is 6.20. The minimum Gasteiger partial charge on any atom is -0.393 e. The van der Waals surface area contributed by atoms with Gasteiger partial charge >= 0.3 is 0 Å². The molecule has 14 heavy (non-hydrogen) atoms. The Bertz CT molecular complexity index is 171. The quantitative estimate of drug-likeness (QED) is 0.754. The van der Waals surface area contributed by atoms with Gasteiger partial charge in [-0.3, -0.25) is 0 Å². The molecule has 1 aliphatic rings. The highest BCUT2D eigenvalue weighted by Gasteiger charge is 2.27. The summed E-state index contributed by atoms with van der Waals surface area (Å²) in [4.78, 5) is 0. The summed E-state index contributed by atoms with van der Waals surface area (Å²) in [5.41, 5.74) is 0.478. The molecule has 3 heteroatoms. The van der Waals surface area contributed by atoms with Crippen LogP contribution in [0.2, 0.25) is 0 Å². The van der Waals surface area contributed by atoms with E-state index in [2.05, 4.69) is 19.2 Å². The van der Waals surface area contributed by atoms with Crippen LogP contribution >= 0.6 is 11.8 Å². The van der Waals surface area contributed by atoms with Gasteiger partial charge in [0.05, 0.1) is 6.10 Å². The first kappa shape index (κ1) is 12.3. The summed E-state index contributed by atoms with van der Waals surface area (Å²) < 4.78 is 0.